The van der Waals surface area contributed by atoms with Crippen LogP contribution in [0.1, 0.15) is 16.7 Å². The maximum atomic E-state index is 12.0. The monoisotopic (exact) mass is 373 g/mol. The van der Waals surface area contributed by atoms with E-state index >= 15 is 0 Å². The van der Waals surface area contributed by atoms with Crippen molar-refractivity contribution in [2.45, 2.75) is 19.5 Å². The van der Waals surface area contributed by atoms with Crippen LogP contribution in [0.4, 0.5) is 0 Å². The van der Waals surface area contributed by atoms with E-state index in [9.17, 15) is 9.59 Å². The number of hydrogen-bond acceptors (Lipinski definition) is 3. The second-order valence-electron chi connectivity index (χ2n) is 6.36. The van der Waals surface area contributed by atoms with Crippen molar-refractivity contribution in [2.24, 2.45) is 0 Å². The molecule has 1 heterocycles. The van der Waals surface area contributed by atoms with Gasteiger partial charge in [-0.05, 0) is 41.0 Å². The number of benzene rings is 2. The number of aromatic nitrogens is 1. The summed E-state index contributed by atoms with van der Waals surface area (Å²) in [5.74, 6) is -1.08. The van der Waals surface area contributed by atoms with E-state index in [-0.39, 0.29) is 12.3 Å². The molecule has 1 amide bonds. The molecule has 0 spiro atoms. The van der Waals surface area contributed by atoms with Crippen molar-refractivity contribution in [3.8, 4) is 6.07 Å². The number of rotatable bonds is 7. The number of nitrogens with zero attached hydrogens (tertiary/aromatic N) is 2. The van der Waals surface area contributed by atoms with Crippen molar-refractivity contribution in [3.63, 3.8) is 0 Å². The largest absolute Gasteiger partial charge is 0.481 e. The predicted molar refractivity (Wildman–Crippen MR) is 106 cm³/mol. The molecule has 2 aromatic carbocycles. The van der Waals surface area contributed by atoms with Gasteiger partial charge in [0.05, 0.1) is 12.5 Å². The molecule has 0 bridgehead atoms. The Morgan fingerprint density at radius 2 is 1.86 bits per heavy atom. The lowest BCUT2D eigenvalue weighted by Gasteiger charge is -2.04. The molecule has 2 N–H and O–H groups in total. The lowest BCUT2D eigenvalue weighted by Crippen LogP contribution is -2.20. The number of nitrogens with one attached hydrogen (secondary N) is 1. The Kier molecular flexibility index (Phi) is 5.87. The van der Waals surface area contributed by atoms with E-state index in [1.807, 2.05) is 47.2 Å². The molecular weight excluding hydrogens is 354 g/mol. The van der Waals surface area contributed by atoms with Crippen LogP contribution >= 0.6 is 0 Å². The van der Waals surface area contributed by atoms with Crippen LogP contribution in [0.3, 0.4) is 0 Å². The minimum Gasteiger partial charge on any atom is -0.481 e. The molecule has 3 rings (SSSR count). The molecular formula is C22H19N3O3. The SMILES string of the molecule is N#CCn1ccc2cc(C=CC(=O)NCc3ccc(CC(=O)O)cc3)ccc21. The molecule has 0 saturated heterocycles. The number of nitriles is 1. The zero-order chi connectivity index (χ0) is 19.9. The highest BCUT2D eigenvalue weighted by atomic mass is 16.4. The summed E-state index contributed by atoms with van der Waals surface area (Å²) in [6.07, 6.45) is 5.08. The van der Waals surface area contributed by atoms with Gasteiger partial charge in [-0.15, -0.1) is 0 Å². The third kappa shape index (κ3) is 4.86. The Labute approximate surface area is 162 Å². The average molecular weight is 373 g/mol. The second kappa shape index (κ2) is 8.69. The maximum absolute atomic E-state index is 12.0. The van der Waals surface area contributed by atoms with Crippen LogP contribution < -0.4 is 5.32 Å². The summed E-state index contributed by atoms with van der Waals surface area (Å²) in [6, 6.07) is 17.0. The van der Waals surface area contributed by atoms with Gasteiger partial charge in [0.25, 0.3) is 0 Å². The van der Waals surface area contributed by atoms with Gasteiger partial charge in [-0.2, -0.15) is 5.26 Å². The van der Waals surface area contributed by atoms with Crippen LogP contribution in [0, 0.1) is 11.3 Å². The predicted octanol–water partition coefficient (Wildman–Crippen LogP) is 3.12. The van der Waals surface area contributed by atoms with E-state index in [1.165, 1.54) is 6.08 Å². The van der Waals surface area contributed by atoms with E-state index in [4.69, 9.17) is 10.4 Å². The van der Waals surface area contributed by atoms with Crippen LogP contribution in [0.5, 0.6) is 0 Å². The Morgan fingerprint density at radius 1 is 1.11 bits per heavy atom. The van der Waals surface area contributed by atoms with Gasteiger partial charge in [0, 0.05) is 29.7 Å². The first-order valence-electron chi connectivity index (χ1n) is 8.76. The minimum absolute atomic E-state index is 0.0143. The fourth-order valence-electron chi connectivity index (χ4n) is 2.91. The molecule has 140 valence electrons. The molecule has 0 aliphatic carbocycles. The first-order chi connectivity index (χ1) is 13.5. The number of carbonyl (C=O) groups is 2. The van der Waals surface area contributed by atoms with E-state index in [0.717, 1.165) is 27.6 Å². The molecule has 0 fully saturated rings. The van der Waals surface area contributed by atoms with Crippen molar-refractivity contribution in [2.75, 3.05) is 0 Å². The van der Waals surface area contributed by atoms with Gasteiger partial charge in [-0.25, -0.2) is 0 Å². The Balaban J connectivity index is 1.57. The van der Waals surface area contributed by atoms with E-state index in [0.29, 0.717) is 13.1 Å². The third-order valence-electron chi connectivity index (χ3n) is 4.31. The summed E-state index contributed by atoms with van der Waals surface area (Å²) in [6.45, 7) is 0.672. The molecule has 0 atom stereocenters. The normalized spacial score (nSPS) is 10.8. The highest BCUT2D eigenvalue weighted by Gasteiger charge is 2.03. The molecule has 6 heteroatoms. The molecule has 6 nitrogen and oxygen atoms in total. The molecule has 0 aliphatic rings. The Bertz CT molecular complexity index is 1070. The molecule has 0 saturated carbocycles. The van der Waals surface area contributed by atoms with Gasteiger partial charge < -0.3 is 15.0 Å². The summed E-state index contributed by atoms with van der Waals surface area (Å²) in [5, 5.41) is 21.4. The van der Waals surface area contributed by atoms with Crippen LogP contribution in [-0.2, 0) is 29.1 Å². The number of carbonyl (C=O) groups excluding carboxylic acids is 1. The van der Waals surface area contributed by atoms with Gasteiger partial charge in [0.1, 0.15) is 6.54 Å². The first kappa shape index (κ1) is 18.9. The van der Waals surface area contributed by atoms with Crippen molar-refractivity contribution in [1.29, 1.82) is 5.26 Å². The van der Waals surface area contributed by atoms with Crippen LogP contribution in [-0.4, -0.2) is 21.6 Å². The van der Waals surface area contributed by atoms with E-state index in [2.05, 4.69) is 11.4 Å². The van der Waals surface area contributed by atoms with Gasteiger partial charge in [-0.1, -0.05) is 30.3 Å². The van der Waals surface area contributed by atoms with Crippen LogP contribution in [0.15, 0.2) is 60.8 Å². The molecule has 28 heavy (non-hydrogen) atoms. The van der Waals surface area contributed by atoms with Crippen molar-refractivity contribution < 1.29 is 14.7 Å². The standard InChI is InChI=1S/C22H19N3O3/c23-10-12-25-11-9-19-13-16(5-7-20(19)25)6-8-21(26)24-15-18-3-1-17(2-4-18)14-22(27)28/h1-9,11,13H,12,14-15H2,(H,24,26)(H,27,28). The second-order valence-corrected chi connectivity index (χ2v) is 6.36. The Hall–Kier alpha value is -3.85. The van der Waals surface area contributed by atoms with Gasteiger partial charge >= 0.3 is 5.97 Å². The van der Waals surface area contributed by atoms with Gasteiger partial charge in [0.15, 0.2) is 0 Å². The Morgan fingerprint density at radius 3 is 2.57 bits per heavy atom. The lowest BCUT2D eigenvalue weighted by atomic mass is 10.1. The number of aliphatic carboxylic acids is 1. The summed E-state index contributed by atoms with van der Waals surface area (Å²) in [7, 11) is 0. The smallest absolute Gasteiger partial charge is 0.307 e. The summed E-state index contributed by atoms with van der Waals surface area (Å²) in [4.78, 5) is 22.7. The zero-order valence-corrected chi connectivity index (χ0v) is 15.1. The highest BCUT2D eigenvalue weighted by molar-refractivity contribution is 5.92. The van der Waals surface area contributed by atoms with Crippen molar-refractivity contribution in [3.05, 3.63) is 77.5 Å². The highest BCUT2D eigenvalue weighted by Crippen LogP contribution is 2.18. The molecule has 1 aromatic heterocycles. The van der Waals surface area contributed by atoms with Crippen molar-refractivity contribution in [1.82, 2.24) is 9.88 Å². The fourth-order valence-corrected chi connectivity index (χ4v) is 2.91. The molecule has 0 aliphatic heterocycles. The third-order valence-corrected chi connectivity index (χ3v) is 4.31. The van der Waals surface area contributed by atoms with Crippen LogP contribution in [0.2, 0.25) is 0 Å². The quantitative estimate of drug-likeness (QED) is 0.622. The van der Waals surface area contributed by atoms with E-state index in [1.54, 1.807) is 18.2 Å². The number of hydrogen-bond donors (Lipinski definition) is 2. The number of carboxylic acids is 1. The van der Waals surface area contributed by atoms with Gasteiger partial charge in [-0.3, -0.25) is 9.59 Å². The molecule has 0 radical (unpaired) electrons. The summed E-state index contributed by atoms with van der Waals surface area (Å²) in [5.41, 5.74) is 3.50. The zero-order valence-electron chi connectivity index (χ0n) is 15.1. The van der Waals surface area contributed by atoms with Gasteiger partial charge in [0.2, 0.25) is 5.91 Å². The number of carboxylic acid groups (broad SMARTS) is 1. The summed E-state index contributed by atoms with van der Waals surface area (Å²) < 4.78 is 1.87. The molecule has 3 aromatic rings. The topological polar surface area (TPSA) is 95.1 Å². The first-order valence-corrected chi connectivity index (χ1v) is 8.76. The van der Waals surface area contributed by atoms with Crippen molar-refractivity contribution >= 4 is 28.9 Å². The van der Waals surface area contributed by atoms with Crippen LogP contribution in [0.25, 0.3) is 17.0 Å². The summed E-state index contributed by atoms with van der Waals surface area (Å²) >= 11 is 0. The minimum atomic E-state index is -0.869. The average Bonchev–Trinajstić information content (AvgIpc) is 3.08. The lowest BCUT2D eigenvalue weighted by molar-refractivity contribution is -0.136. The number of amides is 1. The fraction of sp³-hybridized carbons (Fsp3) is 0.136. The molecule has 0 unspecified atom stereocenters. The van der Waals surface area contributed by atoms with E-state index < -0.39 is 5.97 Å². The maximum Gasteiger partial charge on any atom is 0.307 e. The number of fused-ring (bicyclic) bond motifs is 1.